The summed E-state index contributed by atoms with van der Waals surface area (Å²) in [5, 5.41) is 0. The summed E-state index contributed by atoms with van der Waals surface area (Å²) < 4.78 is 1.10. The van der Waals surface area contributed by atoms with Gasteiger partial charge in [-0.3, -0.25) is 0 Å². The van der Waals surface area contributed by atoms with Gasteiger partial charge in [0.2, 0.25) is 0 Å². The van der Waals surface area contributed by atoms with Crippen LogP contribution in [0.2, 0.25) is 0 Å². The van der Waals surface area contributed by atoms with Gasteiger partial charge in [-0.05, 0) is 0 Å². The molecular formula is C6H4BrClILiZn. The molecule has 0 saturated heterocycles. The molecule has 0 radical (unpaired) electrons. The zero-order chi connectivity index (χ0) is 7.11. The molecule has 1 aromatic carbocycles. The molecule has 1 aromatic rings. The van der Waals surface area contributed by atoms with Gasteiger partial charge in [0.1, 0.15) is 0 Å². The molecule has 5 heteroatoms. The van der Waals surface area contributed by atoms with Gasteiger partial charge in [0.05, 0.1) is 0 Å². The van der Waals surface area contributed by atoms with Crippen LogP contribution in [0.4, 0.5) is 0 Å². The summed E-state index contributed by atoms with van der Waals surface area (Å²) in [4.78, 5) is 0. The van der Waals surface area contributed by atoms with Crippen LogP contribution in [0.15, 0.2) is 28.7 Å². The molecule has 0 fully saturated rings. The third kappa shape index (κ3) is 11.9. The summed E-state index contributed by atoms with van der Waals surface area (Å²) >= 11 is 6.91. The van der Waals surface area contributed by atoms with Crippen molar-refractivity contribution in [1.82, 2.24) is 0 Å². The fraction of sp³-hybridized carbons (Fsp3) is 0. The summed E-state index contributed by atoms with van der Waals surface area (Å²) in [5.41, 5.74) is 0. The van der Waals surface area contributed by atoms with Gasteiger partial charge < -0.3 is 12.4 Å². The molecule has 52 valence electrons. The normalized spacial score (nSPS) is 6.18. The molecule has 0 aliphatic rings. The Morgan fingerprint density at radius 1 is 1.27 bits per heavy atom. The molecule has 0 nitrogen and oxygen atoms in total. The monoisotopic (exact) mass is 388 g/mol. The van der Waals surface area contributed by atoms with Crippen molar-refractivity contribution in [3.63, 3.8) is 0 Å². The second-order valence-corrected chi connectivity index (χ2v) is 2.13. The first-order chi connectivity index (χ1) is 4.39. The number of halogens is 3. The van der Waals surface area contributed by atoms with E-state index in [2.05, 4.69) is 41.7 Å². The first-order valence-corrected chi connectivity index (χ1v) is 12.1. The predicted octanol–water partition coefficient (Wildman–Crippen LogP) is -2.86. The molecule has 0 heterocycles. The van der Waals surface area contributed by atoms with Gasteiger partial charge in [-0.25, -0.2) is 0 Å². The fourth-order valence-electron chi connectivity index (χ4n) is 0.367. The van der Waals surface area contributed by atoms with Gasteiger partial charge in [-0.2, -0.15) is 30.3 Å². The molecule has 0 spiro atoms. The van der Waals surface area contributed by atoms with Crippen molar-refractivity contribution in [2.75, 3.05) is 0 Å². The van der Waals surface area contributed by atoms with Crippen LogP contribution in [0.1, 0.15) is 0 Å². The fourth-order valence-corrected chi connectivity index (χ4v) is 0.631. The van der Waals surface area contributed by atoms with E-state index >= 15 is 0 Å². The predicted molar refractivity (Wildman–Crippen MR) is 47.0 cm³/mol. The van der Waals surface area contributed by atoms with Crippen LogP contribution in [0.5, 0.6) is 0 Å². The van der Waals surface area contributed by atoms with Crippen LogP contribution in [0.3, 0.4) is 0 Å². The topological polar surface area (TPSA) is 0 Å². The Balaban J connectivity index is -0.000000149. The summed E-state index contributed by atoms with van der Waals surface area (Å²) in [5.74, 6) is 0. The average Bonchev–Trinajstić information content (AvgIpc) is 1.94. The average molecular weight is 391 g/mol. The van der Waals surface area contributed by atoms with E-state index in [0.717, 1.165) is 4.47 Å². The molecule has 0 unspecified atom stereocenters. The number of hydrogen-bond acceptors (Lipinski definition) is 0. The van der Waals surface area contributed by atoms with Crippen molar-refractivity contribution < 1.29 is 46.1 Å². The van der Waals surface area contributed by atoms with Crippen molar-refractivity contribution >= 4 is 35.7 Å². The molecule has 0 N–H and O–H groups in total. The van der Waals surface area contributed by atoms with Gasteiger partial charge in [-0.1, -0.05) is 20.4 Å². The van der Waals surface area contributed by atoms with Crippen molar-refractivity contribution in [2.45, 2.75) is 0 Å². The van der Waals surface area contributed by atoms with Crippen molar-refractivity contribution in [3.8, 4) is 0 Å². The number of benzene rings is 1. The molecule has 1 rings (SSSR count). The summed E-state index contributed by atoms with van der Waals surface area (Å²) in [6.45, 7) is 0. The van der Waals surface area contributed by atoms with E-state index in [9.17, 15) is 0 Å². The Hall–Kier alpha value is 1.94. The summed E-state index contributed by atoms with van der Waals surface area (Å²) in [6, 6.07) is 10.5. The van der Waals surface area contributed by atoms with Crippen molar-refractivity contribution in [2.24, 2.45) is 0 Å². The standard InChI is InChI=1S/C6H4Br.ClH.HI.Li.Zn/c7-6-4-2-1-3-5-6;;;;/h2-5H;2*1H;;/q-1;;;+1;+2/p-2. The Morgan fingerprint density at radius 3 is 1.82 bits per heavy atom. The van der Waals surface area contributed by atoms with Crippen molar-refractivity contribution in [3.05, 3.63) is 34.8 Å². The maximum atomic E-state index is 3.29. The third-order valence-electron chi connectivity index (χ3n) is 0.678. The second-order valence-electron chi connectivity index (χ2n) is 1.22. The van der Waals surface area contributed by atoms with Gasteiger partial charge in [-0.15, -0.1) is 0 Å². The molecule has 0 atom stereocenters. The van der Waals surface area contributed by atoms with Crippen LogP contribution in [0, 0.1) is 6.07 Å². The van der Waals surface area contributed by atoms with E-state index in [-0.39, 0.29) is 31.3 Å². The maximum absolute atomic E-state index is 3.29. The van der Waals surface area contributed by atoms with Crippen LogP contribution >= 0.6 is 35.7 Å². The molecule has 0 aliphatic carbocycles. The van der Waals surface area contributed by atoms with Crippen molar-refractivity contribution in [1.29, 1.82) is 0 Å². The van der Waals surface area contributed by atoms with Crippen LogP contribution < -0.4 is 31.3 Å². The third-order valence-corrected chi connectivity index (χ3v) is 1.21. The Bertz CT molecular complexity index is 153. The quantitative estimate of drug-likeness (QED) is 0.254. The Morgan fingerprint density at radius 2 is 1.64 bits per heavy atom. The molecule has 0 saturated carbocycles. The number of rotatable bonds is 0. The van der Waals surface area contributed by atoms with Crippen LogP contribution in [-0.2, 0) is 14.8 Å². The first-order valence-electron chi connectivity index (χ1n) is 2.28. The molecule has 0 amide bonds. The molecule has 11 heavy (non-hydrogen) atoms. The van der Waals surface area contributed by atoms with E-state index in [4.69, 9.17) is 0 Å². The summed E-state index contributed by atoms with van der Waals surface area (Å²) in [7, 11) is 0. The van der Waals surface area contributed by atoms with Gasteiger partial charge in [0.25, 0.3) is 0 Å². The van der Waals surface area contributed by atoms with E-state index in [1.54, 1.807) is 0 Å². The SMILES string of the molecule is Brc1cc[c-]cc1.[Cl-].[Li+].[Zn+][I]. The van der Waals surface area contributed by atoms with Gasteiger partial charge in [0.15, 0.2) is 0 Å². The van der Waals surface area contributed by atoms with E-state index < -0.39 is 0 Å². The second kappa shape index (κ2) is 14.5. The number of hydrogen-bond donors (Lipinski definition) is 0. The zero-order valence-corrected chi connectivity index (χ0v) is 13.6. The van der Waals surface area contributed by atoms with E-state index in [1.807, 2.05) is 24.3 Å². The summed E-state index contributed by atoms with van der Waals surface area (Å²) in [6.07, 6.45) is 0. The first kappa shape index (κ1) is 18.7. The van der Waals surface area contributed by atoms with Gasteiger partial charge in [0, 0.05) is 0 Å². The van der Waals surface area contributed by atoms with Crippen LogP contribution in [0.25, 0.3) is 0 Å². The minimum absolute atomic E-state index is 0. The van der Waals surface area contributed by atoms with Gasteiger partial charge >= 0.3 is 53.4 Å². The van der Waals surface area contributed by atoms with Crippen LogP contribution in [-0.4, -0.2) is 0 Å². The Kier molecular flexibility index (Phi) is 24.6. The van der Waals surface area contributed by atoms with E-state index in [0.29, 0.717) is 0 Å². The Labute approximate surface area is 115 Å². The molecule has 0 aliphatic heterocycles. The zero-order valence-electron chi connectivity index (χ0n) is 6.15. The van der Waals surface area contributed by atoms with E-state index in [1.165, 1.54) is 14.8 Å². The minimum atomic E-state index is 0. The molecular weight excluding hydrogens is 387 g/mol. The molecule has 0 aromatic heterocycles. The molecule has 0 bridgehead atoms.